The molecule has 33 heavy (non-hydrogen) atoms. The van der Waals surface area contributed by atoms with Gasteiger partial charge in [0.15, 0.2) is 0 Å². The van der Waals surface area contributed by atoms with E-state index in [4.69, 9.17) is 0 Å². The standard InChI is InChI=1S/C30H28N2O/c1-22-17-18-28-27(19-22)29(23-11-5-2-6-12-23)30(24-13-7-3-8-14-24)32(28)21-26(33)20-31-25-15-9-4-10-16-25/h2-19,26,31,33H,20-21H2,1H3/t26-/m1/s1. The van der Waals surface area contributed by atoms with Gasteiger partial charge in [0.25, 0.3) is 0 Å². The number of nitrogens with one attached hydrogen (secondary N) is 1. The molecule has 4 aromatic carbocycles. The molecule has 3 nitrogen and oxygen atoms in total. The first-order chi connectivity index (χ1) is 16.2. The molecule has 1 aromatic heterocycles. The van der Waals surface area contributed by atoms with Crippen molar-refractivity contribution in [3.63, 3.8) is 0 Å². The summed E-state index contributed by atoms with van der Waals surface area (Å²) in [6, 6.07) is 37.7. The van der Waals surface area contributed by atoms with E-state index in [2.05, 4.69) is 89.6 Å². The number of rotatable bonds is 7. The minimum Gasteiger partial charge on any atom is -0.389 e. The van der Waals surface area contributed by atoms with Crippen LogP contribution in [0.25, 0.3) is 33.3 Å². The van der Waals surface area contributed by atoms with Crippen LogP contribution in [-0.4, -0.2) is 22.3 Å². The fourth-order valence-electron chi connectivity index (χ4n) is 4.52. The van der Waals surface area contributed by atoms with Crippen molar-refractivity contribution in [2.75, 3.05) is 11.9 Å². The van der Waals surface area contributed by atoms with Crippen molar-refractivity contribution in [3.05, 3.63) is 115 Å². The Hall–Kier alpha value is -3.82. The first-order valence-electron chi connectivity index (χ1n) is 11.4. The summed E-state index contributed by atoms with van der Waals surface area (Å²) < 4.78 is 2.28. The lowest BCUT2D eigenvalue weighted by molar-refractivity contribution is 0.169. The van der Waals surface area contributed by atoms with E-state index in [0.717, 1.165) is 22.5 Å². The van der Waals surface area contributed by atoms with E-state index in [1.807, 2.05) is 36.4 Å². The third-order valence-electron chi connectivity index (χ3n) is 6.04. The first kappa shape index (κ1) is 21.0. The van der Waals surface area contributed by atoms with Crippen LogP contribution >= 0.6 is 0 Å². The number of aromatic nitrogens is 1. The number of benzene rings is 4. The number of nitrogens with zero attached hydrogens (tertiary/aromatic N) is 1. The minimum absolute atomic E-state index is 0.477. The Kier molecular flexibility index (Phi) is 5.97. The van der Waals surface area contributed by atoms with Crippen LogP contribution in [0.5, 0.6) is 0 Å². The normalized spacial score (nSPS) is 12.1. The second-order valence-corrected chi connectivity index (χ2v) is 8.49. The zero-order valence-corrected chi connectivity index (χ0v) is 18.8. The number of anilines is 1. The van der Waals surface area contributed by atoms with Gasteiger partial charge >= 0.3 is 0 Å². The number of aryl methyl sites for hydroxylation is 1. The second kappa shape index (κ2) is 9.35. The summed E-state index contributed by atoms with van der Waals surface area (Å²) >= 11 is 0. The van der Waals surface area contributed by atoms with Crippen LogP contribution in [0.2, 0.25) is 0 Å². The summed E-state index contributed by atoms with van der Waals surface area (Å²) in [5, 5.41) is 15.6. The molecule has 164 valence electrons. The maximum atomic E-state index is 11.0. The molecule has 0 bridgehead atoms. The first-order valence-corrected chi connectivity index (χ1v) is 11.4. The Labute approximate surface area is 195 Å². The highest BCUT2D eigenvalue weighted by atomic mass is 16.3. The summed E-state index contributed by atoms with van der Waals surface area (Å²) in [4.78, 5) is 0. The molecule has 0 radical (unpaired) electrons. The van der Waals surface area contributed by atoms with E-state index in [9.17, 15) is 5.11 Å². The number of aliphatic hydroxyl groups excluding tert-OH is 1. The molecule has 0 amide bonds. The smallest absolute Gasteiger partial charge is 0.0891 e. The molecular formula is C30H28N2O. The largest absolute Gasteiger partial charge is 0.389 e. The van der Waals surface area contributed by atoms with E-state index in [-0.39, 0.29) is 0 Å². The van der Waals surface area contributed by atoms with Crippen LogP contribution in [-0.2, 0) is 6.54 Å². The third kappa shape index (κ3) is 4.41. The fraction of sp³-hybridized carbons (Fsp3) is 0.133. The predicted molar refractivity (Wildman–Crippen MR) is 138 cm³/mol. The highest BCUT2D eigenvalue weighted by Gasteiger charge is 2.21. The van der Waals surface area contributed by atoms with Gasteiger partial charge in [-0.1, -0.05) is 90.5 Å². The maximum absolute atomic E-state index is 11.0. The predicted octanol–water partition coefficient (Wildman–Crippen LogP) is 6.76. The monoisotopic (exact) mass is 432 g/mol. The number of fused-ring (bicyclic) bond motifs is 1. The van der Waals surface area contributed by atoms with E-state index in [1.54, 1.807) is 0 Å². The molecular weight excluding hydrogens is 404 g/mol. The Bertz CT molecular complexity index is 1340. The third-order valence-corrected chi connectivity index (χ3v) is 6.04. The van der Waals surface area contributed by atoms with Gasteiger partial charge in [-0.05, 0) is 42.3 Å². The van der Waals surface area contributed by atoms with Crippen LogP contribution in [0, 0.1) is 6.92 Å². The maximum Gasteiger partial charge on any atom is 0.0891 e. The molecule has 0 aliphatic rings. The van der Waals surface area contributed by atoms with Crippen molar-refractivity contribution in [1.29, 1.82) is 0 Å². The van der Waals surface area contributed by atoms with Crippen molar-refractivity contribution in [1.82, 2.24) is 4.57 Å². The van der Waals surface area contributed by atoms with E-state index >= 15 is 0 Å². The average molecular weight is 433 g/mol. The van der Waals surface area contributed by atoms with E-state index in [0.29, 0.717) is 13.1 Å². The molecule has 0 spiro atoms. The van der Waals surface area contributed by atoms with Gasteiger partial charge in [0.2, 0.25) is 0 Å². The molecule has 0 aliphatic heterocycles. The highest BCUT2D eigenvalue weighted by molar-refractivity contribution is 6.04. The lowest BCUT2D eigenvalue weighted by atomic mass is 9.98. The average Bonchev–Trinajstić information content (AvgIpc) is 3.17. The van der Waals surface area contributed by atoms with E-state index in [1.165, 1.54) is 22.1 Å². The summed E-state index contributed by atoms with van der Waals surface area (Å²) in [6.45, 7) is 3.10. The second-order valence-electron chi connectivity index (χ2n) is 8.49. The zero-order chi connectivity index (χ0) is 22.6. The number of aliphatic hydroxyl groups is 1. The summed E-state index contributed by atoms with van der Waals surface area (Å²) in [6.07, 6.45) is -0.548. The van der Waals surface area contributed by atoms with Crippen molar-refractivity contribution in [2.45, 2.75) is 19.6 Å². The Balaban J connectivity index is 1.63. The number of hydrogen-bond acceptors (Lipinski definition) is 2. The van der Waals surface area contributed by atoms with Gasteiger partial charge < -0.3 is 15.0 Å². The topological polar surface area (TPSA) is 37.2 Å². The van der Waals surface area contributed by atoms with Crippen LogP contribution < -0.4 is 5.32 Å². The fourth-order valence-corrected chi connectivity index (χ4v) is 4.52. The molecule has 0 fully saturated rings. The molecule has 5 aromatic rings. The van der Waals surface area contributed by atoms with Crippen LogP contribution in [0.15, 0.2) is 109 Å². The molecule has 5 rings (SSSR count). The molecule has 1 heterocycles. The molecule has 0 saturated carbocycles. The summed E-state index contributed by atoms with van der Waals surface area (Å²) in [7, 11) is 0. The van der Waals surface area contributed by atoms with Gasteiger partial charge in [-0.2, -0.15) is 0 Å². The lowest BCUT2D eigenvalue weighted by Gasteiger charge is -2.18. The lowest BCUT2D eigenvalue weighted by Crippen LogP contribution is -2.25. The molecule has 1 atom stereocenters. The van der Waals surface area contributed by atoms with Gasteiger partial charge in [0.05, 0.1) is 18.3 Å². The molecule has 0 saturated heterocycles. The van der Waals surface area contributed by atoms with Gasteiger partial charge in [0, 0.05) is 28.7 Å². The minimum atomic E-state index is -0.548. The van der Waals surface area contributed by atoms with Crippen molar-refractivity contribution in [2.24, 2.45) is 0 Å². The number of hydrogen-bond donors (Lipinski definition) is 2. The van der Waals surface area contributed by atoms with Gasteiger partial charge in [-0.3, -0.25) is 0 Å². The van der Waals surface area contributed by atoms with Crippen molar-refractivity contribution < 1.29 is 5.11 Å². The SMILES string of the molecule is Cc1ccc2c(c1)c(-c1ccccc1)c(-c1ccccc1)n2C[C@H](O)CNc1ccccc1. The quantitative estimate of drug-likeness (QED) is 0.298. The van der Waals surface area contributed by atoms with Gasteiger partial charge in [0.1, 0.15) is 0 Å². The van der Waals surface area contributed by atoms with E-state index < -0.39 is 6.10 Å². The Morgan fingerprint density at radius 3 is 2.03 bits per heavy atom. The molecule has 2 N–H and O–H groups in total. The van der Waals surface area contributed by atoms with Gasteiger partial charge in [-0.25, -0.2) is 0 Å². The number of para-hydroxylation sites is 1. The highest BCUT2D eigenvalue weighted by Crippen LogP contribution is 2.41. The molecule has 0 unspecified atom stereocenters. The van der Waals surface area contributed by atoms with Crippen LogP contribution in [0.1, 0.15) is 5.56 Å². The van der Waals surface area contributed by atoms with Crippen molar-refractivity contribution in [3.8, 4) is 22.4 Å². The molecule has 3 heteroatoms. The van der Waals surface area contributed by atoms with Crippen LogP contribution in [0.4, 0.5) is 5.69 Å². The van der Waals surface area contributed by atoms with Gasteiger partial charge in [-0.15, -0.1) is 0 Å². The zero-order valence-electron chi connectivity index (χ0n) is 18.8. The van der Waals surface area contributed by atoms with Crippen LogP contribution in [0.3, 0.4) is 0 Å². The summed E-state index contributed by atoms with van der Waals surface area (Å²) in [5.74, 6) is 0. The Morgan fingerprint density at radius 1 is 0.758 bits per heavy atom. The summed E-state index contributed by atoms with van der Waals surface area (Å²) in [5.41, 5.74) is 8.05. The Morgan fingerprint density at radius 2 is 1.36 bits per heavy atom. The molecule has 0 aliphatic carbocycles. The van der Waals surface area contributed by atoms with Crippen molar-refractivity contribution >= 4 is 16.6 Å².